The van der Waals surface area contributed by atoms with Gasteiger partial charge >= 0.3 is 0 Å². The average molecular weight is 1340 g/mol. The molecule has 0 atom stereocenters. The first-order valence-corrected chi connectivity index (χ1v) is 35.7. The minimum atomic E-state index is -0.147. The SMILES string of the molecule is CCCCOc1c2cc(/C=C/C(=O)N(C)Cc3ccccc3)cc1Cc1cc(/C=C/C(=O)N(C)Cc3ccccc3)cc(c1OCCCC)Cc1cc(/C=C/C(=O)N(C)Cc3ccccc3)cc(c1OCCCC)Cc1cc(/C=C/C(=O)N(C)Cc3ccccc3)cc(c1OCCCC)C2. The van der Waals surface area contributed by atoms with Gasteiger partial charge in [-0.1, -0.05) is 175 Å². The van der Waals surface area contributed by atoms with Crippen LogP contribution in [0.4, 0.5) is 0 Å². The molecule has 100 heavy (non-hydrogen) atoms. The maximum absolute atomic E-state index is 14.2. The van der Waals surface area contributed by atoms with Gasteiger partial charge in [-0.15, -0.1) is 0 Å². The summed E-state index contributed by atoms with van der Waals surface area (Å²) >= 11 is 0. The Morgan fingerprint density at radius 3 is 0.650 bits per heavy atom. The predicted molar refractivity (Wildman–Crippen MR) is 406 cm³/mol. The highest BCUT2D eigenvalue weighted by atomic mass is 16.5. The van der Waals surface area contributed by atoms with E-state index in [1.54, 1.807) is 43.9 Å². The second-order valence-corrected chi connectivity index (χ2v) is 26.2. The summed E-state index contributed by atoms with van der Waals surface area (Å²) in [7, 11) is 7.28. The maximum atomic E-state index is 14.2. The Balaban J connectivity index is 1.31. The summed E-state index contributed by atoms with van der Waals surface area (Å²) in [5.74, 6) is 2.31. The Hall–Kier alpha value is -10.2. The summed E-state index contributed by atoms with van der Waals surface area (Å²) in [6.45, 7) is 12.2. The molecule has 9 rings (SSSR count). The molecule has 8 aromatic carbocycles. The Kier molecular flexibility index (Phi) is 28.3. The molecule has 0 N–H and O–H groups in total. The Labute approximate surface area is 594 Å². The van der Waals surface area contributed by atoms with Crippen LogP contribution < -0.4 is 18.9 Å². The van der Waals surface area contributed by atoms with Gasteiger partial charge in [0.25, 0.3) is 0 Å². The molecule has 8 bridgehead atoms. The van der Waals surface area contributed by atoms with Crippen molar-refractivity contribution in [3.8, 4) is 23.0 Å². The van der Waals surface area contributed by atoms with E-state index in [4.69, 9.17) is 18.9 Å². The summed E-state index contributed by atoms with van der Waals surface area (Å²) in [6.07, 6.45) is 22.4. The number of benzene rings is 8. The number of nitrogens with zero attached hydrogens (tertiary/aromatic N) is 4. The molecule has 0 aromatic heterocycles. The van der Waals surface area contributed by atoms with Crippen LogP contribution in [0.25, 0.3) is 24.3 Å². The summed E-state index contributed by atoms with van der Waals surface area (Å²) < 4.78 is 28.7. The molecule has 0 unspecified atom stereocenters. The van der Waals surface area contributed by atoms with Crippen LogP contribution in [0.3, 0.4) is 0 Å². The lowest BCUT2D eigenvalue weighted by atomic mass is 9.88. The lowest BCUT2D eigenvalue weighted by Crippen LogP contribution is -2.24. The molecule has 0 fully saturated rings. The van der Waals surface area contributed by atoms with E-state index in [0.29, 0.717) is 78.3 Å². The topological polar surface area (TPSA) is 118 Å². The van der Waals surface area contributed by atoms with E-state index in [9.17, 15) is 19.2 Å². The third-order valence-electron chi connectivity index (χ3n) is 17.8. The third-order valence-corrected chi connectivity index (χ3v) is 17.8. The van der Waals surface area contributed by atoms with Gasteiger partial charge in [-0.25, -0.2) is 0 Å². The molecule has 1 aliphatic carbocycles. The number of hydrogen-bond donors (Lipinski definition) is 0. The van der Waals surface area contributed by atoms with Crippen LogP contribution in [0.5, 0.6) is 23.0 Å². The van der Waals surface area contributed by atoms with Crippen LogP contribution in [0, 0.1) is 0 Å². The molecule has 1 aliphatic rings. The molecule has 12 heteroatoms. The zero-order valence-corrected chi connectivity index (χ0v) is 60.0. The maximum Gasteiger partial charge on any atom is 0.246 e. The number of amides is 4. The average Bonchev–Trinajstić information content (AvgIpc) is 0.769. The van der Waals surface area contributed by atoms with E-state index >= 15 is 0 Å². The van der Waals surface area contributed by atoms with Crippen LogP contribution in [0.1, 0.15) is 168 Å². The first-order valence-electron chi connectivity index (χ1n) is 35.7. The van der Waals surface area contributed by atoms with Crippen molar-refractivity contribution in [1.29, 1.82) is 0 Å². The van der Waals surface area contributed by atoms with Crippen molar-refractivity contribution in [3.05, 3.63) is 283 Å². The first kappa shape index (κ1) is 74.0. The van der Waals surface area contributed by atoms with Crippen molar-refractivity contribution in [1.82, 2.24) is 19.6 Å². The van der Waals surface area contributed by atoms with Crippen molar-refractivity contribution < 1.29 is 38.1 Å². The highest BCUT2D eigenvalue weighted by Gasteiger charge is 2.25. The Morgan fingerprint density at radius 2 is 0.480 bits per heavy atom. The normalized spacial score (nSPS) is 12.1. The van der Waals surface area contributed by atoms with Crippen LogP contribution in [-0.4, -0.2) is 97.8 Å². The second-order valence-electron chi connectivity index (χ2n) is 26.2. The number of ether oxygens (including phenoxy) is 4. The summed E-state index contributed by atoms with van der Waals surface area (Å²) in [5.41, 5.74) is 14.4. The quantitative estimate of drug-likeness (QED) is 0.0302. The minimum Gasteiger partial charge on any atom is -0.493 e. The van der Waals surface area contributed by atoms with E-state index in [-0.39, 0.29) is 23.6 Å². The minimum absolute atomic E-state index is 0.147. The molecule has 12 nitrogen and oxygen atoms in total. The summed E-state index contributed by atoms with van der Waals surface area (Å²) in [4.78, 5) is 63.7. The molecule has 0 aliphatic heterocycles. The monoisotopic (exact) mass is 1340 g/mol. The van der Waals surface area contributed by atoms with Gasteiger partial charge in [-0.05, 0) is 188 Å². The molecule has 520 valence electrons. The standard InChI is InChI=1S/C88H100N4O8/c1-9-13-45-97-85-73-49-69(37-41-81(93)89(5)61-65-29-21-17-22-30-65)50-74(85)58-76-52-71(39-43-83(95)91(7)63-67-33-25-19-26-34-67)54-78(87(76)99-47-15-11-3)60-80-56-72(40-44-84(96)92(8)64-68-35-27-20-28-36-68)55-79(88(80)100-48-16-12-4)59-77-53-70(51-75(57-73)86(77)98-46-14-10-2)38-42-82(94)90(6)62-66-31-23-18-24-32-66/h17-44,49-56H,9-16,45-48,57-64H2,1-8H3/b41-37+,42-38+,43-39+,44-40+. The van der Waals surface area contributed by atoms with E-state index in [1.165, 1.54) is 0 Å². The molecule has 0 radical (unpaired) electrons. The van der Waals surface area contributed by atoms with Gasteiger partial charge in [0.1, 0.15) is 23.0 Å². The number of hydrogen-bond acceptors (Lipinski definition) is 8. The fourth-order valence-electron chi connectivity index (χ4n) is 12.3. The Bertz CT molecular complexity index is 3500. The Morgan fingerprint density at radius 1 is 0.300 bits per heavy atom. The number of carbonyl (C=O) groups is 4. The van der Waals surface area contributed by atoms with E-state index in [2.05, 4.69) is 76.2 Å². The fraction of sp³-hybridized carbons (Fsp3) is 0.318. The largest absolute Gasteiger partial charge is 0.493 e. The van der Waals surface area contributed by atoms with Gasteiger partial charge in [0, 0.05) is 104 Å². The van der Waals surface area contributed by atoms with Crippen LogP contribution in [-0.2, 0) is 71.0 Å². The summed E-state index contributed by atoms with van der Waals surface area (Å²) in [5, 5.41) is 0. The zero-order chi connectivity index (χ0) is 70.6. The molecule has 8 aromatic rings. The number of fused-ring (bicyclic) bond motifs is 8. The molecule has 0 spiro atoms. The van der Waals surface area contributed by atoms with Gasteiger partial charge in [-0.3, -0.25) is 19.2 Å². The van der Waals surface area contributed by atoms with Crippen LogP contribution >= 0.6 is 0 Å². The van der Waals surface area contributed by atoms with Crippen molar-refractivity contribution in [2.45, 2.75) is 131 Å². The molecular weight excluding hydrogens is 1240 g/mol. The second kappa shape index (κ2) is 38.2. The highest BCUT2D eigenvalue weighted by Crippen LogP contribution is 2.42. The van der Waals surface area contributed by atoms with E-state index in [1.807, 2.05) is 174 Å². The van der Waals surface area contributed by atoms with E-state index in [0.717, 1.165) is 163 Å². The zero-order valence-electron chi connectivity index (χ0n) is 60.0. The molecule has 4 amide bonds. The van der Waals surface area contributed by atoms with E-state index < -0.39 is 0 Å². The summed E-state index contributed by atoms with van der Waals surface area (Å²) in [6, 6.07) is 57.0. The van der Waals surface area contributed by atoms with Gasteiger partial charge in [0.05, 0.1) is 26.4 Å². The fourth-order valence-corrected chi connectivity index (χ4v) is 12.3. The third kappa shape index (κ3) is 21.9. The molecule has 0 heterocycles. The van der Waals surface area contributed by atoms with Crippen molar-refractivity contribution in [2.24, 2.45) is 0 Å². The first-order chi connectivity index (χ1) is 48.7. The number of carbonyl (C=O) groups excluding carboxylic acids is 4. The highest BCUT2D eigenvalue weighted by molar-refractivity contribution is 5.94. The van der Waals surface area contributed by atoms with Crippen molar-refractivity contribution >= 4 is 47.9 Å². The van der Waals surface area contributed by atoms with Gasteiger partial charge in [-0.2, -0.15) is 0 Å². The van der Waals surface area contributed by atoms with Gasteiger partial charge < -0.3 is 38.5 Å². The molecule has 0 saturated carbocycles. The lowest BCUT2D eigenvalue weighted by molar-refractivity contribution is -0.126. The van der Waals surface area contributed by atoms with Gasteiger partial charge in [0.15, 0.2) is 0 Å². The van der Waals surface area contributed by atoms with Crippen LogP contribution in [0.15, 0.2) is 194 Å². The predicted octanol–water partition coefficient (Wildman–Crippen LogP) is 17.8. The van der Waals surface area contributed by atoms with Crippen LogP contribution in [0.2, 0.25) is 0 Å². The van der Waals surface area contributed by atoms with Crippen molar-refractivity contribution in [2.75, 3.05) is 54.6 Å². The lowest BCUT2D eigenvalue weighted by Gasteiger charge is -2.24. The van der Waals surface area contributed by atoms with Gasteiger partial charge in [0.2, 0.25) is 23.6 Å². The number of rotatable bonds is 32. The molecule has 0 saturated heterocycles. The van der Waals surface area contributed by atoms with Crippen molar-refractivity contribution in [3.63, 3.8) is 0 Å². The number of unbranched alkanes of at least 4 members (excludes halogenated alkanes) is 4. The molecular formula is C88H100N4O8. The smallest absolute Gasteiger partial charge is 0.246 e. The number of likely N-dealkylation sites (N-methyl/N-ethyl adjacent to an activating group) is 4.